The third-order valence-corrected chi connectivity index (χ3v) is 3.60. The molecule has 2 aromatic rings. The predicted molar refractivity (Wildman–Crippen MR) is 80.4 cm³/mol. The molecule has 0 saturated carbocycles. The van der Waals surface area contributed by atoms with Crippen LogP contribution in [-0.4, -0.2) is 41.0 Å². The van der Waals surface area contributed by atoms with E-state index in [1.54, 1.807) is 18.4 Å². The summed E-state index contributed by atoms with van der Waals surface area (Å²) in [5, 5.41) is 21.9. The molecule has 0 aliphatic carbocycles. The van der Waals surface area contributed by atoms with Gasteiger partial charge in [-0.15, -0.1) is 0 Å². The van der Waals surface area contributed by atoms with Crippen LogP contribution in [0.25, 0.3) is 11.0 Å². The van der Waals surface area contributed by atoms with Crippen LogP contribution in [0, 0.1) is 5.82 Å². The molecule has 3 N–H and O–H groups in total. The van der Waals surface area contributed by atoms with E-state index in [2.05, 4.69) is 5.32 Å². The second kappa shape index (κ2) is 6.97. The van der Waals surface area contributed by atoms with Gasteiger partial charge < -0.3 is 19.8 Å². The van der Waals surface area contributed by atoms with Gasteiger partial charge in [0.1, 0.15) is 0 Å². The molecule has 0 saturated heterocycles. The molecule has 0 bridgehead atoms. The zero-order chi connectivity index (χ0) is 15.4. The smallest absolute Gasteiger partial charge is 0.461 e. The van der Waals surface area contributed by atoms with Gasteiger partial charge in [0, 0.05) is 5.39 Å². The Labute approximate surface area is 125 Å². The zero-order valence-electron chi connectivity index (χ0n) is 11.4. The topological polar surface area (TPSA) is 82.7 Å². The highest BCUT2D eigenvalue weighted by Gasteiger charge is 2.27. The summed E-state index contributed by atoms with van der Waals surface area (Å²) in [5.41, 5.74) is 0.723. The van der Waals surface area contributed by atoms with E-state index in [0.717, 1.165) is 0 Å². The van der Waals surface area contributed by atoms with Gasteiger partial charge in [-0.05, 0) is 24.3 Å². The molecule has 8 heteroatoms. The standard InChI is InChI=1S/C13H15BFNO4S/c1-21-7-12(17)16-11(14(18)19)5-8-6-20-13-9(8)3-2-4-10(13)15/h2-4,6,11,18-19H,5,7H2,1H3,(H,16,17)/t11-/m0/s1. The lowest BCUT2D eigenvalue weighted by Gasteiger charge is -2.17. The van der Waals surface area contributed by atoms with Crippen molar-refractivity contribution in [2.45, 2.75) is 12.4 Å². The van der Waals surface area contributed by atoms with Gasteiger partial charge in [0.05, 0.1) is 18.0 Å². The van der Waals surface area contributed by atoms with Crippen LogP contribution in [0.3, 0.4) is 0 Å². The zero-order valence-corrected chi connectivity index (χ0v) is 12.2. The molecule has 1 atom stereocenters. The van der Waals surface area contributed by atoms with Gasteiger partial charge in [0.2, 0.25) is 5.91 Å². The molecule has 1 aromatic carbocycles. The molecule has 21 heavy (non-hydrogen) atoms. The minimum absolute atomic E-state index is 0.120. The number of hydrogen-bond acceptors (Lipinski definition) is 5. The molecular formula is C13H15BFNO4S. The number of benzene rings is 1. The van der Waals surface area contributed by atoms with Gasteiger partial charge in [-0.25, -0.2) is 4.39 Å². The summed E-state index contributed by atoms with van der Waals surface area (Å²) in [7, 11) is -1.71. The van der Waals surface area contributed by atoms with Crippen molar-refractivity contribution < 1.29 is 23.7 Å². The Morgan fingerprint density at radius 1 is 1.52 bits per heavy atom. The summed E-state index contributed by atoms with van der Waals surface area (Å²) < 4.78 is 18.7. The van der Waals surface area contributed by atoms with Crippen LogP contribution in [0.5, 0.6) is 0 Å². The minimum Gasteiger partial charge on any atom is -0.461 e. The molecule has 2 rings (SSSR count). The number of carbonyl (C=O) groups excluding carboxylic acids is 1. The quantitative estimate of drug-likeness (QED) is 0.693. The second-order valence-corrected chi connectivity index (χ2v) is 5.47. The fourth-order valence-electron chi connectivity index (χ4n) is 2.08. The summed E-state index contributed by atoms with van der Waals surface area (Å²) in [4.78, 5) is 11.6. The molecule has 0 spiro atoms. The highest BCUT2D eigenvalue weighted by atomic mass is 32.2. The number of furan rings is 1. The maximum atomic E-state index is 13.5. The SMILES string of the molecule is CSCC(=O)N[C@@H](Cc1coc2c(F)cccc12)B(O)O. The first-order valence-electron chi connectivity index (χ1n) is 6.32. The Balaban J connectivity index is 2.19. The van der Waals surface area contributed by atoms with Crippen LogP contribution in [0.15, 0.2) is 28.9 Å². The van der Waals surface area contributed by atoms with Crippen molar-refractivity contribution in [1.82, 2.24) is 5.32 Å². The third kappa shape index (κ3) is 3.78. The Morgan fingerprint density at radius 2 is 2.29 bits per heavy atom. The number of fused-ring (bicyclic) bond motifs is 1. The van der Waals surface area contributed by atoms with Gasteiger partial charge in [-0.3, -0.25) is 4.79 Å². The van der Waals surface area contributed by atoms with Crippen LogP contribution in [0.1, 0.15) is 5.56 Å². The number of hydrogen-bond donors (Lipinski definition) is 3. The number of halogens is 1. The average molecular weight is 311 g/mol. The van der Waals surface area contributed by atoms with E-state index in [-0.39, 0.29) is 23.7 Å². The van der Waals surface area contributed by atoms with Crippen LogP contribution < -0.4 is 5.32 Å². The van der Waals surface area contributed by atoms with E-state index in [1.807, 2.05) is 0 Å². The fraction of sp³-hybridized carbons (Fsp3) is 0.308. The molecular weight excluding hydrogens is 296 g/mol. The van der Waals surface area contributed by atoms with E-state index in [4.69, 9.17) is 4.42 Å². The van der Waals surface area contributed by atoms with Crippen molar-refractivity contribution in [3.63, 3.8) is 0 Å². The van der Waals surface area contributed by atoms with Gasteiger partial charge in [0.25, 0.3) is 0 Å². The summed E-state index contributed by atoms with van der Waals surface area (Å²) in [6.07, 6.45) is 3.27. The van der Waals surface area contributed by atoms with E-state index < -0.39 is 18.9 Å². The molecule has 0 unspecified atom stereocenters. The van der Waals surface area contributed by atoms with Crippen molar-refractivity contribution in [3.8, 4) is 0 Å². The van der Waals surface area contributed by atoms with Gasteiger partial charge >= 0.3 is 7.12 Å². The number of amides is 1. The van der Waals surface area contributed by atoms with Crippen LogP contribution in [0.2, 0.25) is 0 Å². The molecule has 0 fully saturated rings. The van der Waals surface area contributed by atoms with E-state index >= 15 is 0 Å². The van der Waals surface area contributed by atoms with Crippen LogP contribution in [-0.2, 0) is 11.2 Å². The summed E-state index contributed by atoms with van der Waals surface area (Å²) in [6.45, 7) is 0. The van der Waals surface area contributed by atoms with Gasteiger partial charge in [-0.1, -0.05) is 12.1 Å². The molecule has 0 aliphatic rings. The monoisotopic (exact) mass is 311 g/mol. The number of thioether (sulfide) groups is 1. The fourth-order valence-corrected chi connectivity index (χ4v) is 2.43. The first-order valence-corrected chi connectivity index (χ1v) is 7.71. The Bertz CT molecular complexity index is 634. The van der Waals surface area contributed by atoms with Gasteiger partial charge in [0.15, 0.2) is 11.4 Å². The highest BCUT2D eigenvalue weighted by molar-refractivity contribution is 7.99. The van der Waals surface area contributed by atoms with Crippen molar-refractivity contribution in [3.05, 3.63) is 35.8 Å². The lowest BCUT2D eigenvalue weighted by molar-refractivity contribution is -0.118. The first kappa shape index (κ1) is 15.9. The molecule has 0 aliphatic heterocycles. The van der Waals surface area contributed by atoms with Crippen molar-refractivity contribution in [1.29, 1.82) is 0 Å². The largest absolute Gasteiger partial charge is 0.475 e. The highest BCUT2D eigenvalue weighted by Crippen LogP contribution is 2.24. The summed E-state index contributed by atoms with van der Waals surface area (Å²) in [6, 6.07) is 4.52. The second-order valence-electron chi connectivity index (χ2n) is 4.60. The molecule has 1 amide bonds. The number of rotatable bonds is 6. The van der Waals surface area contributed by atoms with E-state index in [1.165, 1.54) is 24.1 Å². The molecule has 0 radical (unpaired) electrons. The Hall–Kier alpha value is -1.51. The molecule has 112 valence electrons. The average Bonchev–Trinajstić information content (AvgIpc) is 2.83. The lowest BCUT2D eigenvalue weighted by atomic mass is 9.76. The number of para-hydroxylation sites is 1. The van der Waals surface area contributed by atoms with Crippen molar-refractivity contribution in [2.24, 2.45) is 0 Å². The molecule has 5 nitrogen and oxygen atoms in total. The maximum absolute atomic E-state index is 13.5. The Kier molecular flexibility index (Phi) is 5.27. The maximum Gasteiger partial charge on any atom is 0.475 e. The van der Waals surface area contributed by atoms with Crippen molar-refractivity contribution >= 4 is 35.8 Å². The molecule has 1 heterocycles. The lowest BCUT2D eigenvalue weighted by Crippen LogP contribution is -2.48. The van der Waals surface area contributed by atoms with Crippen molar-refractivity contribution in [2.75, 3.05) is 12.0 Å². The summed E-state index contributed by atoms with van der Waals surface area (Å²) in [5.74, 6) is -1.43. The molecule has 1 aromatic heterocycles. The van der Waals surface area contributed by atoms with Gasteiger partial charge in [-0.2, -0.15) is 11.8 Å². The summed E-state index contributed by atoms with van der Waals surface area (Å²) >= 11 is 1.33. The van der Waals surface area contributed by atoms with E-state index in [0.29, 0.717) is 10.9 Å². The van der Waals surface area contributed by atoms with Crippen LogP contribution >= 0.6 is 11.8 Å². The first-order chi connectivity index (χ1) is 10.0. The third-order valence-electron chi connectivity index (χ3n) is 3.05. The van der Waals surface area contributed by atoms with Crippen LogP contribution in [0.4, 0.5) is 4.39 Å². The normalized spacial score (nSPS) is 12.4. The predicted octanol–water partition coefficient (Wildman–Crippen LogP) is 0.974. The van der Waals surface area contributed by atoms with E-state index in [9.17, 15) is 19.2 Å². The number of nitrogens with one attached hydrogen (secondary N) is 1. The Morgan fingerprint density at radius 3 is 2.95 bits per heavy atom. The number of carbonyl (C=O) groups is 1. The minimum atomic E-state index is -1.71.